The molecule has 0 aliphatic heterocycles. The highest BCUT2D eigenvalue weighted by molar-refractivity contribution is 6.17. The summed E-state index contributed by atoms with van der Waals surface area (Å²) in [5.41, 5.74) is 5.93. The molecule has 138 valence electrons. The summed E-state index contributed by atoms with van der Waals surface area (Å²) in [7, 11) is 0. The van der Waals surface area contributed by atoms with E-state index in [1.165, 1.54) is 28.5 Å². The average molecular weight is 355 g/mol. The Morgan fingerprint density at radius 2 is 2.12 bits per heavy atom. The maximum absolute atomic E-state index is 12.4. The Morgan fingerprint density at radius 1 is 1.31 bits per heavy atom. The van der Waals surface area contributed by atoms with Crippen LogP contribution in [0.1, 0.15) is 54.9 Å². The summed E-state index contributed by atoms with van der Waals surface area (Å²) < 4.78 is 5.04. The van der Waals surface area contributed by atoms with E-state index < -0.39 is 11.9 Å². The first-order valence-corrected chi connectivity index (χ1v) is 9.17. The van der Waals surface area contributed by atoms with Gasteiger partial charge in [-0.3, -0.25) is 10.1 Å². The quantitative estimate of drug-likeness (QED) is 0.429. The van der Waals surface area contributed by atoms with Gasteiger partial charge >= 0.3 is 6.03 Å². The first-order chi connectivity index (χ1) is 12.5. The van der Waals surface area contributed by atoms with Crippen molar-refractivity contribution in [3.63, 3.8) is 0 Å². The molecule has 6 nitrogen and oxygen atoms in total. The Morgan fingerprint density at radius 3 is 2.85 bits per heavy atom. The van der Waals surface area contributed by atoms with Gasteiger partial charge in [0, 0.05) is 11.9 Å². The second kappa shape index (κ2) is 7.72. The van der Waals surface area contributed by atoms with E-state index in [1.807, 2.05) is 0 Å². The van der Waals surface area contributed by atoms with E-state index in [0.717, 1.165) is 44.0 Å². The summed E-state index contributed by atoms with van der Waals surface area (Å²) in [6, 6.07) is 1.73. The monoisotopic (exact) mass is 355 g/mol. The van der Waals surface area contributed by atoms with Crippen LogP contribution in [-0.4, -0.2) is 24.8 Å². The Bertz CT molecular complexity index is 783. The SMILES string of the molecule is CCO/C=C(/C=N)C(=O)NC(=O)Nc1c2c(cc3c1[C@@H](C)CC3)CCC2. The largest absolute Gasteiger partial charge is 0.501 e. The van der Waals surface area contributed by atoms with Crippen LogP contribution in [0.5, 0.6) is 0 Å². The zero-order valence-corrected chi connectivity index (χ0v) is 15.3. The van der Waals surface area contributed by atoms with E-state index in [4.69, 9.17) is 10.1 Å². The van der Waals surface area contributed by atoms with Crippen LogP contribution < -0.4 is 10.6 Å². The predicted octanol–water partition coefficient (Wildman–Crippen LogP) is 3.44. The number of fused-ring (bicyclic) bond motifs is 2. The summed E-state index contributed by atoms with van der Waals surface area (Å²) in [5.74, 6) is -0.250. The van der Waals surface area contributed by atoms with Crippen molar-refractivity contribution in [2.24, 2.45) is 0 Å². The van der Waals surface area contributed by atoms with Crippen molar-refractivity contribution in [2.75, 3.05) is 11.9 Å². The average Bonchev–Trinajstić information content (AvgIpc) is 3.22. The number of amides is 3. The van der Waals surface area contributed by atoms with E-state index in [0.29, 0.717) is 12.5 Å². The number of imide groups is 1. The summed E-state index contributed by atoms with van der Waals surface area (Å²) >= 11 is 0. The summed E-state index contributed by atoms with van der Waals surface area (Å²) in [6.07, 6.45) is 7.28. The van der Waals surface area contributed by atoms with Crippen molar-refractivity contribution in [3.8, 4) is 0 Å². The van der Waals surface area contributed by atoms with E-state index in [-0.39, 0.29) is 5.57 Å². The lowest BCUT2D eigenvalue weighted by molar-refractivity contribution is -0.116. The minimum Gasteiger partial charge on any atom is -0.501 e. The Labute approximate surface area is 153 Å². The molecular formula is C20H25N3O3. The maximum Gasteiger partial charge on any atom is 0.326 e. The van der Waals surface area contributed by atoms with E-state index in [1.54, 1.807) is 6.92 Å². The van der Waals surface area contributed by atoms with Crippen molar-refractivity contribution in [1.29, 1.82) is 5.41 Å². The van der Waals surface area contributed by atoms with Gasteiger partial charge in [0.05, 0.1) is 18.4 Å². The molecule has 3 N–H and O–H groups in total. The summed E-state index contributed by atoms with van der Waals surface area (Å²) in [5, 5.41) is 12.5. The van der Waals surface area contributed by atoms with Gasteiger partial charge in [0.15, 0.2) is 0 Å². The normalized spacial score (nSPS) is 18.1. The van der Waals surface area contributed by atoms with Gasteiger partial charge in [0.25, 0.3) is 5.91 Å². The van der Waals surface area contributed by atoms with Crippen LogP contribution in [0.4, 0.5) is 10.5 Å². The molecule has 1 atom stereocenters. The fraction of sp³-hybridized carbons (Fsp3) is 0.450. The van der Waals surface area contributed by atoms with Crippen molar-refractivity contribution in [1.82, 2.24) is 5.32 Å². The minimum absolute atomic E-state index is 0.00103. The van der Waals surface area contributed by atoms with Crippen LogP contribution >= 0.6 is 0 Å². The fourth-order valence-electron chi connectivity index (χ4n) is 3.90. The van der Waals surface area contributed by atoms with Crippen LogP contribution in [0, 0.1) is 5.41 Å². The van der Waals surface area contributed by atoms with Gasteiger partial charge in [-0.25, -0.2) is 4.79 Å². The molecule has 6 heteroatoms. The fourth-order valence-corrected chi connectivity index (χ4v) is 3.90. The Balaban J connectivity index is 1.80. The molecule has 0 bridgehead atoms. The predicted molar refractivity (Wildman–Crippen MR) is 101 cm³/mol. The molecule has 0 heterocycles. The molecule has 2 aliphatic rings. The van der Waals surface area contributed by atoms with Crippen molar-refractivity contribution in [2.45, 2.75) is 51.9 Å². The number of anilines is 1. The van der Waals surface area contributed by atoms with Crippen LogP contribution in [0.25, 0.3) is 0 Å². The third kappa shape index (κ3) is 3.49. The van der Waals surface area contributed by atoms with Crippen LogP contribution in [0.3, 0.4) is 0 Å². The second-order valence-electron chi connectivity index (χ2n) is 6.84. The highest BCUT2D eigenvalue weighted by atomic mass is 16.5. The van der Waals surface area contributed by atoms with Crippen LogP contribution in [0.15, 0.2) is 17.9 Å². The number of benzene rings is 1. The van der Waals surface area contributed by atoms with Gasteiger partial charge in [-0.15, -0.1) is 0 Å². The lowest BCUT2D eigenvalue weighted by Crippen LogP contribution is -2.36. The second-order valence-corrected chi connectivity index (χ2v) is 6.84. The van der Waals surface area contributed by atoms with E-state index in [9.17, 15) is 9.59 Å². The molecule has 2 aliphatic carbocycles. The Hall–Kier alpha value is -2.63. The standard InChI is InChI=1S/C20H25N3O3/c1-3-26-11-15(10-21)19(24)23-20(25)22-18-16-6-4-5-13(16)9-14-8-7-12(2)17(14)18/h9-12,21H,3-8H2,1-2H3,(H2,22,23,24,25)/b15-11-,21-10?/t12-/m0/s1. The highest BCUT2D eigenvalue weighted by Crippen LogP contribution is 2.43. The molecule has 3 rings (SSSR count). The van der Waals surface area contributed by atoms with Gasteiger partial charge in [0.2, 0.25) is 0 Å². The first-order valence-electron chi connectivity index (χ1n) is 9.17. The molecule has 0 aromatic heterocycles. The first kappa shape index (κ1) is 18.2. The van der Waals surface area contributed by atoms with Gasteiger partial charge in [-0.2, -0.15) is 0 Å². The third-order valence-electron chi connectivity index (χ3n) is 5.13. The molecule has 3 amide bonds. The van der Waals surface area contributed by atoms with Gasteiger partial charge in [-0.1, -0.05) is 13.0 Å². The van der Waals surface area contributed by atoms with Crippen molar-refractivity contribution < 1.29 is 14.3 Å². The molecule has 0 fully saturated rings. The molecule has 0 saturated heterocycles. The zero-order chi connectivity index (χ0) is 18.7. The number of urea groups is 1. The van der Waals surface area contributed by atoms with Crippen molar-refractivity contribution >= 4 is 23.8 Å². The number of hydrogen-bond acceptors (Lipinski definition) is 4. The number of carbonyl (C=O) groups excluding carboxylic acids is 2. The van der Waals surface area contributed by atoms with Gasteiger partial charge in [0.1, 0.15) is 0 Å². The maximum atomic E-state index is 12.4. The number of nitrogens with one attached hydrogen (secondary N) is 3. The number of ether oxygens (including phenoxy) is 1. The number of carbonyl (C=O) groups is 2. The highest BCUT2D eigenvalue weighted by Gasteiger charge is 2.29. The molecule has 0 saturated carbocycles. The minimum atomic E-state index is -0.650. The topological polar surface area (TPSA) is 91.3 Å². The molecule has 0 unspecified atom stereocenters. The van der Waals surface area contributed by atoms with Crippen LogP contribution in [-0.2, 0) is 28.8 Å². The van der Waals surface area contributed by atoms with Crippen molar-refractivity contribution in [3.05, 3.63) is 40.2 Å². The molecule has 1 aromatic carbocycles. The zero-order valence-electron chi connectivity index (χ0n) is 15.3. The number of aryl methyl sites for hydroxylation is 2. The van der Waals surface area contributed by atoms with E-state index >= 15 is 0 Å². The number of rotatable bonds is 5. The molecule has 0 spiro atoms. The molecular weight excluding hydrogens is 330 g/mol. The van der Waals surface area contributed by atoms with Crippen LogP contribution in [0.2, 0.25) is 0 Å². The Kier molecular flexibility index (Phi) is 5.40. The summed E-state index contributed by atoms with van der Waals surface area (Å²) in [4.78, 5) is 24.6. The lowest BCUT2D eigenvalue weighted by atomic mass is 9.95. The third-order valence-corrected chi connectivity index (χ3v) is 5.13. The molecule has 26 heavy (non-hydrogen) atoms. The lowest BCUT2D eigenvalue weighted by Gasteiger charge is -2.18. The smallest absolute Gasteiger partial charge is 0.326 e. The number of hydrogen-bond donors (Lipinski definition) is 3. The molecule has 0 radical (unpaired) electrons. The van der Waals surface area contributed by atoms with E-state index in [2.05, 4.69) is 23.6 Å². The van der Waals surface area contributed by atoms with Gasteiger partial charge < -0.3 is 15.5 Å². The van der Waals surface area contributed by atoms with Gasteiger partial charge in [-0.05, 0) is 67.2 Å². The molecule has 1 aromatic rings. The summed E-state index contributed by atoms with van der Waals surface area (Å²) in [6.45, 7) is 4.34.